The fraction of sp³-hybridized carbons (Fsp3) is 0.750. The number of rotatable bonds is 7. The highest BCUT2D eigenvalue weighted by molar-refractivity contribution is 14.1. The molecule has 0 aliphatic rings. The van der Waals surface area contributed by atoms with E-state index >= 15 is 0 Å². The Labute approximate surface area is 77.4 Å². The van der Waals surface area contributed by atoms with Gasteiger partial charge in [0.2, 0.25) is 0 Å². The van der Waals surface area contributed by atoms with Crippen molar-refractivity contribution in [2.24, 2.45) is 0 Å². The van der Waals surface area contributed by atoms with Crippen LogP contribution in [0.4, 0.5) is 0 Å². The van der Waals surface area contributed by atoms with E-state index in [1.807, 2.05) is 6.08 Å². The Morgan fingerprint density at radius 3 is 2.70 bits per heavy atom. The van der Waals surface area contributed by atoms with Crippen molar-refractivity contribution in [3.63, 3.8) is 0 Å². The second kappa shape index (κ2) is 9.43. The monoisotopic (exact) mass is 253 g/mol. The first-order chi connectivity index (χ1) is 4.91. The Bertz CT molecular complexity index is 73.7. The van der Waals surface area contributed by atoms with Crippen LogP contribution in [0.2, 0.25) is 0 Å². The molecule has 0 aliphatic carbocycles. The number of unbranched alkanes of at least 4 members (excludes halogenated alkanes) is 2. The lowest BCUT2D eigenvalue weighted by atomic mass is 10.2. The van der Waals surface area contributed by atoms with Crippen LogP contribution in [0.1, 0.15) is 19.3 Å². The summed E-state index contributed by atoms with van der Waals surface area (Å²) in [6, 6.07) is 0. The van der Waals surface area contributed by atoms with E-state index in [1.165, 1.54) is 23.7 Å². The minimum Gasteiger partial charge on any atom is -0.313 e. The van der Waals surface area contributed by atoms with E-state index < -0.39 is 0 Å². The van der Waals surface area contributed by atoms with Crippen LogP contribution in [0.25, 0.3) is 0 Å². The molecule has 0 saturated heterocycles. The largest absolute Gasteiger partial charge is 0.313 e. The molecule has 0 aromatic carbocycles. The molecule has 60 valence electrons. The van der Waals surface area contributed by atoms with Crippen LogP contribution in [-0.2, 0) is 0 Å². The first-order valence-corrected chi connectivity index (χ1v) is 5.32. The van der Waals surface area contributed by atoms with Crippen LogP contribution in [0.15, 0.2) is 12.7 Å². The zero-order chi connectivity index (χ0) is 7.66. The first kappa shape index (κ1) is 10.4. The molecule has 0 rings (SSSR count). The van der Waals surface area contributed by atoms with Crippen molar-refractivity contribution in [3.05, 3.63) is 12.7 Å². The zero-order valence-electron chi connectivity index (χ0n) is 6.41. The normalized spacial score (nSPS) is 9.70. The molecule has 0 radical (unpaired) electrons. The third kappa shape index (κ3) is 8.43. The van der Waals surface area contributed by atoms with Gasteiger partial charge in [-0.1, -0.05) is 35.1 Å². The molecule has 0 bridgehead atoms. The van der Waals surface area contributed by atoms with E-state index in [0.29, 0.717) is 0 Å². The van der Waals surface area contributed by atoms with Gasteiger partial charge in [0.05, 0.1) is 0 Å². The van der Waals surface area contributed by atoms with Crippen LogP contribution in [-0.4, -0.2) is 17.5 Å². The van der Waals surface area contributed by atoms with Crippen molar-refractivity contribution in [3.8, 4) is 0 Å². The summed E-state index contributed by atoms with van der Waals surface area (Å²) in [5.41, 5.74) is 0. The molecule has 0 unspecified atom stereocenters. The summed E-state index contributed by atoms with van der Waals surface area (Å²) in [5.74, 6) is 0. The van der Waals surface area contributed by atoms with Crippen LogP contribution in [0.3, 0.4) is 0 Å². The average molecular weight is 253 g/mol. The summed E-state index contributed by atoms with van der Waals surface area (Å²) in [6.07, 6.45) is 5.92. The maximum absolute atomic E-state index is 3.63. The lowest BCUT2D eigenvalue weighted by molar-refractivity contribution is 0.651. The quantitative estimate of drug-likeness (QED) is 0.318. The number of nitrogens with one attached hydrogen (secondary N) is 1. The molecule has 0 amide bonds. The smallest absolute Gasteiger partial charge is 0.0132 e. The summed E-state index contributed by atoms with van der Waals surface area (Å²) < 4.78 is 1.29. The molecule has 0 aliphatic heterocycles. The molecule has 10 heavy (non-hydrogen) atoms. The van der Waals surface area contributed by atoms with Crippen molar-refractivity contribution in [1.82, 2.24) is 5.32 Å². The highest BCUT2D eigenvalue weighted by atomic mass is 127. The zero-order valence-corrected chi connectivity index (χ0v) is 8.56. The molecule has 0 spiro atoms. The van der Waals surface area contributed by atoms with Gasteiger partial charge in [0.1, 0.15) is 0 Å². The Kier molecular flexibility index (Phi) is 9.84. The molecule has 0 atom stereocenters. The van der Waals surface area contributed by atoms with E-state index in [9.17, 15) is 0 Å². The van der Waals surface area contributed by atoms with Crippen molar-refractivity contribution >= 4 is 22.6 Å². The number of hydrogen-bond donors (Lipinski definition) is 1. The SMILES string of the molecule is C=CCNCCCCCI. The Hall–Kier alpha value is 0.430. The van der Waals surface area contributed by atoms with E-state index in [1.54, 1.807) is 0 Å². The average Bonchev–Trinajstić information content (AvgIpc) is 1.97. The van der Waals surface area contributed by atoms with Gasteiger partial charge >= 0.3 is 0 Å². The van der Waals surface area contributed by atoms with Gasteiger partial charge in [-0.05, 0) is 23.8 Å². The standard InChI is InChI=1S/C8H16IN/c1-2-7-10-8-5-3-4-6-9/h2,10H,1,3-8H2. The van der Waals surface area contributed by atoms with Crippen LogP contribution in [0.5, 0.6) is 0 Å². The predicted octanol–water partition coefficient (Wildman–Crippen LogP) is 2.37. The van der Waals surface area contributed by atoms with Gasteiger partial charge in [-0.3, -0.25) is 0 Å². The third-order valence-corrected chi connectivity index (χ3v) is 2.04. The van der Waals surface area contributed by atoms with Crippen LogP contribution in [0, 0.1) is 0 Å². The fourth-order valence-corrected chi connectivity index (χ4v) is 1.26. The first-order valence-electron chi connectivity index (χ1n) is 3.79. The Morgan fingerprint density at radius 2 is 2.10 bits per heavy atom. The van der Waals surface area contributed by atoms with Crippen LogP contribution >= 0.6 is 22.6 Å². The van der Waals surface area contributed by atoms with Crippen molar-refractivity contribution in [1.29, 1.82) is 0 Å². The van der Waals surface area contributed by atoms with Gasteiger partial charge < -0.3 is 5.32 Å². The van der Waals surface area contributed by atoms with Crippen molar-refractivity contribution in [2.75, 3.05) is 17.5 Å². The van der Waals surface area contributed by atoms with E-state index in [-0.39, 0.29) is 0 Å². The molecule has 2 heteroatoms. The fourth-order valence-electron chi connectivity index (χ4n) is 0.725. The summed E-state index contributed by atoms with van der Waals surface area (Å²) in [4.78, 5) is 0. The number of halogens is 1. The summed E-state index contributed by atoms with van der Waals surface area (Å²) >= 11 is 2.42. The molecule has 0 aromatic heterocycles. The minimum atomic E-state index is 0.949. The molecule has 0 saturated carbocycles. The van der Waals surface area contributed by atoms with Gasteiger partial charge in [0.25, 0.3) is 0 Å². The summed E-state index contributed by atoms with van der Waals surface area (Å²) in [6.45, 7) is 5.72. The topological polar surface area (TPSA) is 12.0 Å². The number of alkyl halides is 1. The molecular weight excluding hydrogens is 237 g/mol. The van der Waals surface area contributed by atoms with Crippen molar-refractivity contribution in [2.45, 2.75) is 19.3 Å². The Morgan fingerprint density at radius 1 is 1.30 bits per heavy atom. The van der Waals surface area contributed by atoms with Gasteiger partial charge in [-0.25, -0.2) is 0 Å². The predicted molar refractivity (Wildman–Crippen MR) is 55.8 cm³/mol. The van der Waals surface area contributed by atoms with Crippen LogP contribution < -0.4 is 5.32 Å². The highest BCUT2D eigenvalue weighted by Crippen LogP contribution is 1.96. The molecular formula is C8H16IN. The molecule has 1 nitrogen and oxygen atoms in total. The van der Waals surface area contributed by atoms with Gasteiger partial charge in [0, 0.05) is 6.54 Å². The van der Waals surface area contributed by atoms with Gasteiger partial charge in [-0.15, -0.1) is 6.58 Å². The molecule has 1 N–H and O–H groups in total. The lowest BCUT2D eigenvalue weighted by Gasteiger charge is -1.99. The third-order valence-electron chi connectivity index (χ3n) is 1.28. The second-order valence-corrected chi connectivity index (χ2v) is 3.32. The number of hydrogen-bond acceptors (Lipinski definition) is 1. The molecule has 0 fully saturated rings. The second-order valence-electron chi connectivity index (χ2n) is 2.24. The maximum Gasteiger partial charge on any atom is 0.0132 e. The summed E-state index contributed by atoms with van der Waals surface area (Å²) in [7, 11) is 0. The summed E-state index contributed by atoms with van der Waals surface area (Å²) in [5, 5.41) is 3.27. The minimum absolute atomic E-state index is 0.949. The highest BCUT2D eigenvalue weighted by Gasteiger charge is 1.85. The van der Waals surface area contributed by atoms with E-state index in [2.05, 4.69) is 34.5 Å². The van der Waals surface area contributed by atoms with E-state index in [0.717, 1.165) is 13.1 Å². The van der Waals surface area contributed by atoms with Crippen molar-refractivity contribution < 1.29 is 0 Å². The van der Waals surface area contributed by atoms with Gasteiger partial charge in [0.15, 0.2) is 0 Å². The van der Waals surface area contributed by atoms with Gasteiger partial charge in [-0.2, -0.15) is 0 Å². The molecule has 0 aromatic rings. The Balaban J connectivity index is 2.70. The van der Waals surface area contributed by atoms with E-state index in [4.69, 9.17) is 0 Å². The maximum atomic E-state index is 3.63. The lowest BCUT2D eigenvalue weighted by Crippen LogP contribution is -2.14. The molecule has 0 heterocycles.